The van der Waals surface area contributed by atoms with E-state index in [2.05, 4.69) is 9.71 Å². The summed E-state index contributed by atoms with van der Waals surface area (Å²) < 4.78 is 31.6. The second kappa shape index (κ2) is 5.38. The zero-order valence-electron chi connectivity index (χ0n) is 10.7. The van der Waals surface area contributed by atoms with Gasteiger partial charge in [0.2, 0.25) is 10.0 Å². The van der Waals surface area contributed by atoms with E-state index in [0.717, 1.165) is 0 Å². The van der Waals surface area contributed by atoms with E-state index < -0.39 is 10.0 Å². The number of oxazole rings is 1. The number of benzene rings is 1. The number of alkyl halides is 1. The number of nitrogens with one attached hydrogen (secondary N) is 1. The fourth-order valence-corrected chi connectivity index (χ4v) is 3.42. The third-order valence-electron chi connectivity index (χ3n) is 2.54. The molecule has 0 fully saturated rings. The summed E-state index contributed by atoms with van der Waals surface area (Å²) in [7, 11) is -3.40. The van der Waals surface area contributed by atoms with Crippen molar-refractivity contribution in [3.63, 3.8) is 0 Å². The number of sulfonamides is 1. The molecule has 1 aromatic heterocycles. The molecule has 1 unspecified atom stereocenters. The lowest BCUT2D eigenvalue weighted by Crippen LogP contribution is -2.22. The van der Waals surface area contributed by atoms with Crippen LogP contribution >= 0.6 is 11.6 Å². The highest BCUT2D eigenvalue weighted by molar-refractivity contribution is 7.92. The fraction of sp³-hybridized carbons (Fsp3) is 0.417. The van der Waals surface area contributed by atoms with E-state index >= 15 is 0 Å². The van der Waals surface area contributed by atoms with Crippen molar-refractivity contribution in [3.8, 4) is 0 Å². The minimum atomic E-state index is -3.40. The van der Waals surface area contributed by atoms with Crippen molar-refractivity contribution in [1.29, 1.82) is 0 Å². The third kappa shape index (κ3) is 3.61. The average molecular weight is 303 g/mol. The Balaban J connectivity index is 2.20. The lowest BCUT2D eigenvalue weighted by Gasteiger charge is -2.10. The molecule has 1 heterocycles. The molecule has 0 aliphatic carbocycles. The highest BCUT2D eigenvalue weighted by Crippen LogP contribution is 2.20. The number of rotatable bonds is 5. The van der Waals surface area contributed by atoms with Gasteiger partial charge >= 0.3 is 0 Å². The Labute approximate surface area is 117 Å². The van der Waals surface area contributed by atoms with E-state index in [9.17, 15) is 8.42 Å². The highest BCUT2D eigenvalue weighted by Gasteiger charge is 2.15. The zero-order chi connectivity index (χ0) is 14.0. The minimum absolute atomic E-state index is 0.00756. The van der Waals surface area contributed by atoms with Crippen molar-refractivity contribution < 1.29 is 12.8 Å². The monoisotopic (exact) mass is 302 g/mol. The van der Waals surface area contributed by atoms with Crippen molar-refractivity contribution in [3.05, 3.63) is 24.1 Å². The van der Waals surface area contributed by atoms with Gasteiger partial charge in [-0.15, -0.1) is 11.6 Å². The summed E-state index contributed by atoms with van der Waals surface area (Å²) in [5, 5.41) is 0. The molecule has 0 saturated carbocycles. The molecular formula is C12H15ClN2O3S. The quantitative estimate of drug-likeness (QED) is 0.862. The number of halogens is 1. The topological polar surface area (TPSA) is 72.2 Å². The van der Waals surface area contributed by atoms with Crippen LogP contribution in [0.15, 0.2) is 22.6 Å². The van der Waals surface area contributed by atoms with Crippen molar-refractivity contribution in [2.75, 3.05) is 16.4 Å². The van der Waals surface area contributed by atoms with Crippen LogP contribution in [0.1, 0.15) is 12.8 Å². The summed E-state index contributed by atoms with van der Waals surface area (Å²) in [5.74, 6) is 0.748. The number of fused-ring (bicyclic) bond motifs is 1. The van der Waals surface area contributed by atoms with Gasteiger partial charge in [-0.25, -0.2) is 13.4 Å². The van der Waals surface area contributed by atoms with E-state index in [-0.39, 0.29) is 11.7 Å². The SMILES string of the molecule is Cc1nc2cc(NS(=O)(=O)CC(C)CCl)ccc2o1. The van der Waals surface area contributed by atoms with Gasteiger partial charge in [-0.3, -0.25) is 4.72 Å². The summed E-state index contributed by atoms with van der Waals surface area (Å²) in [6.07, 6.45) is 0. The van der Waals surface area contributed by atoms with Gasteiger partial charge < -0.3 is 4.42 Å². The van der Waals surface area contributed by atoms with Gasteiger partial charge in [-0.1, -0.05) is 6.92 Å². The van der Waals surface area contributed by atoms with Crippen LogP contribution in [0.2, 0.25) is 0 Å². The second-order valence-corrected chi connectivity index (χ2v) is 6.63. The van der Waals surface area contributed by atoms with Crippen molar-refractivity contribution >= 4 is 38.4 Å². The van der Waals surface area contributed by atoms with Crippen molar-refractivity contribution in [2.45, 2.75) is 13.8 Å². The Bertz CT molecular complexity index is 681. The first-order valence-electron chi connectivity index (χ1n) is 5.83. The van der Waals surface area contributed by atoms with E-state index in [1.54, 1.807) is 32.0 Å². The number of aryl methyl sites for hydroxylation is 1. The lowest BCUT2D eigenvalue weighted by molar-refractivity contribution is 0.561. The zero-order valence-corrected chi connectivity index (χ0v) is 12.3. The molecule has 7 heteroatoms. The van der Waals surface area contributed by atoms with E-state index in [1.807, 2.05) is 0 Å². The molecule has 0 aliphatic rings. The van der Waals surface area contributed by atoms with E-state index in [0.29, 0.717) is 28.6 Å². The molecule has 1 atom stereocenters. The number of anilines is 1. The minimum Gasteiger partial charge on any atom is -0.441 e. The smallest absolute Gasteiger partial charge is 0.233 e. The van der Waals surface area contributed by atoms with E-state index in [1.165, 1.54) is 0 Å². The normalized spacial score (nSPS) is 13.6. The van der Waals surface area contributed by atoms with Crippen LogP contribution in [0.4, 0.5) is 5.69 Å². The van der Waals surface area contributed by atoms with Crippen LogP contribution in [0, 0.1) is 12.8 Å². The van der Waals surface area contributed by atoms with E-state index in [4.69, 9.17) is 16.0 Å². The van der Waals surface area contributed by atoms with Gasteiger partial charge in [0.15, 0.2) is 11.5 Å². The summed E-state index contributed by atoms with van der Waals surface area (Å²) in [6, 6.07) is 4.99. The maximum atomic E-state index is 11.9. The molecule has 0 radical (unpaired) electrons. The fourth-order valence-electron chi connectivity index (χ4n) is 1.75. The summed E-state index contributed by atoms with van der Waals surface area (Å²) in [6.45, 7) is 3.53. The molecule has 0 bridgehead atoms. The molecular weight excluding hydrogens is 288 g/mol. The van der Waals surface area contributed by atoms with Crippen LogP contribution in [0.5, 0.6) is 0 Å². The van der Waals surface area contributed by atoms with Gasteiger partial charge in [0.1, 0.15) is 5.52 Å². The molecule has 2 rings (SSSR count). The maximum absolute atomic E-state index is 11.9. The first-order chi connectivity index (χ1) is 8.89. The molecule has 0 spiro atoms. The van der Waals surface area contributed by atoms with Crippen LogP contribution in [-0.2, 0) is 10.0 Å². The number of hydrogen-bond donors (Lipinski definition) is 1. The summed E-state index contributed by atoms with van der Waals surface area (Å²) >= 11 is 5.63. The second-order valence-electron chi connectivity index (χ2n) is 4.56. The molecule has 1 aromatic carbocycles. The first-order valence-corrected chi connectivity index (χ1v) is 8.02. The van der Waals surface area contributed by atoms with Gasteiger partial charge in [-0.2, -0.15) is 0 Å². The standard InChI is InChI=1S/C12H15ClN2O3S/c1-8(6-13)7-19(16,17)15-10-3-4-12-11(5-10)14-9(2)18-12/h3-5,8,15H,6-7H2,1-2H3. The van der Waals surface area contributed by atoms with Crippen molar-refractivity contribution in [1.82, 2.24) is 4.98 Å². The Hall–Kier alpha value is -1.27. The predicted octanol–water partition coefficient (Wildman–Crippen LogP) is 2.75. The van der Waals surface area contributed by atoms with Crippen LogP contribution < -0.4 is 4.72 Å². The number of aromatic nitrogens is 1. The molecule has 19 heavy (non-hydrogen) atoms. The molecule has 0 saturated heterocycles. The molecule has 0 aliphatic heterocycles. The highest BCUT2D eigenvalue weighted by atomic mass is 35.5. The van der Waals surface area contributed by atoms with Gasteiger partial charge in [-0.05, 0) is 24.1 Å². The molecule has 1 N–H and O–H groups in total. The van der Waals surface area contributed by atoms with Crippen molar-refractivity contribution in [2.24, 2.45) is 5.92 Å². The Kier molecular flexibility index (Phi) is 4.01. The van der Waals surface area contributed by atoms with Gasteiger partial charge in [0.25, 0.3) is 0 Å². The van der Waals surface area contributed by atoms with Crippen LogP contribution in [-0.4, -0.2) is 25.0 Å². The molecule has 5 nitrogen and oxygen atoms in total. The predicted molar refractivity (Wildman–Crippen MR) is 76.0 cm³/mol. The molecule has 0 amide bonds. The maximum Gasteiger partial charge on any atom is 0.233 e. The number of nitrogens with zero attached hydrogens (tertiary/aromatic N) is 1. The Morgan fingerprint density at radius 1 is 1.47 bits per heavy atom. The Morgan fingerprint density at radius 2 is 2.21 bits per heavy atom. The van der Waals surface area contributed by atoms with Crippen LogP contribution in [0.3, 0.4) is 0 Å². The van der Waals surface area contributed by atoms with Crippen LogP contribution in [0.25, 0.3) is 11.1 Å². The summed E-state index contributed by atoms with van der Waals surface area (Å²) in [5.41, 5.74) is 1.74. The largest absolute Gasteiger partial charge is 0.441 e. The third-order valence-corrected chi connectivity index (χ3v) is 4.62. The van der Waals surface area contributed by atoms with Gasteiger partial charge in [0.05, 0.1) is 11.4 Å². The Morgan fingerprint density at radius 3 is 2.89 bits per heavy atom. The number of hydrogen-bond acceptors (Lipinski definition) is 4. The lowest BCUT2D eigenvalue weighted by atomic mass is 10.3. The summed E-state index contributed by atoms with van der Waals surface area (Å²) in [4.78, 5) is 4.16. The molecule has 2 aromatic rings. The first kappa shape index (κ1) is 14.1. The molecule has 104 valence electrons. The average Bonchev–Trinajstić information content (AvgIpc) is 2.67. The van der Waals surface area contributed by atoms with Gasteiger partial charge in [0, 0.05) is 12.8 Å².